The van der Waals surface area contributed by atoms with E-state index in [1.807, 2.05) is 16.8 Å². The fourth-order valence-corrected chi connectivity index (χ4v) is 2.64. The Morgan fingerprint density at radius 2 is 2.05 bits per heavy atom. The Bertz CT molecular complexity index is 587. The van der Waals surface area contributed by atoms with E-state index >= 15 is 0 Å². The van der Waals surface area contributed by atoms with Gasteiger partial charge in [-0.25, -0.2) is 9.67 Å². The highest BCUT2D eigenvalue weighted by atomic mass is 79.9. The van der Waals surface area contributed by atoms with Crippen LogP contribution in [0.4, 0.5) is 0 Å². The summed E-state index contributed by atoms with van der Waals surface area (Å²) in [5.74, 6) is 0.866. The average molecular weight is 351 g/mol. The minimum absolute atomic E-state index is 0.543. The van der Waals surface area contributed by atoms with Crippen molar-refractivity contribution in [3.8, 4) is 5.82 Å². The SMILES string of the molecule is Cc1nn(-c2ccc(Br)cn2)c(C)c1CCCNC(C)C. The maximum absolute atomic E-state index is 4.64. The van der Waals surface area contributed by atoms with Crippen molar-refractivity contribution in [2.75, 3.05) is 6.54 Å². The van der Waals surface area contributed by atoms with Crippen molar-refractivity contribution in [2.45, 2.75) is 46.6 Å². The van der Waals surface area contributed by atoms with E-state index in [1.54, 1.807) is 6.20 Å². The second-order valence-electron chi connectivity index (χ2n) is 5.61. The molecule has 0 amide bonds. The fraction of sp³-hybridized carbons (Fsp3) is 0.500. The van der Waals surface area contributed by atoms with Crippen molar-refractivity contribution in [1.82, 2.24) is 20.1 Å². The number of hydrogen-bond donors (Lipinski definition) is 1. The van der Waals surface area contributed by atoms with Crippen molar-refractivity contribution in [3.63, 3.8) is 0 Å². The maximum atomic E-state index is 4.64. The molecule has 0 aliphatic rings. The van der Waals surface area contributed by atoms with Crippen LogP contribution in [0, 0.1) is 13.8 Å². The van der Waals surface area contributed by atoms with Gasteiger partial charge in [0, 0.05) is 22.4 Å². The fourth-order valence-electron chi connectivity index (χ4n) is 2.41. The number of hydrogen-bond acceptors (Lipinski definition) is 3. The van der Waals surface area contributed by atoms with Gasteiger partial charge < -0.3 is 5.32 Å². The molecule has 2 heterocycles. The van der Waals surface area contributed by atoms with Crippen molar-refractivity contribution in [3.05, 3.63) is 39.8 Å². The summed E-state index contributed by atoms with van der Waals surface area (Å²) in [5.41, 5.74) is 3.62. The van der Waals surface area contributed by atoms with Gasteiger partial charge in [0.25, 0.3) is 0 Å². The Kier molecular flexibility index (Phi) is 5.53. The maximum Gasteiger partial charge on any atom is 0.153 e. The molecule has 0 aliphatic heterocycles. The molecule has 5 heteroatoms. The van der Waals surface area contributed by atoms with Gasteiger partial charge in [0.15, 0.2) is 5.82 Å². The van der Waals surface area contributed by atoms with Gasteiger partial charge in [-0.15, -0.1) is 0 Å². The minimum Gasteiger partial charge on any atom is -0.315 e. The van der Waals surface area contributed by atoms with Crippen molar-refractivity contribution in [1.29, 1.82) is 0 Å². The van der Waals surface area contributed by atoms with Crippen LogP contribution in [0.2, 0.25) is 0 Å². The highest BCUT2D eigenvalue weighted by Gasteiger charge is 2.13. The summed E-state index contributed by atoms with van der Waals surface area (Å²) in [6, 6.07) is 4.51. The molecule has 0 aromatic carbocycles. The monoisotopic (exact) mass is 350 g/mol. The van der Waals surface area contributed by atoms with Gasteiger partial charge in [0.05, 0.1) is 5.69 Å². The summed E-state index contributed by atoms with van der Waals surface area (Å²) < 4.78 is 2.92. The topological polar surface area (TPSA) is 42.7 Å². The molecule has 0 aliphatic carbocycles. The van der Waals surface area contributed by atoms with Crippen LogP contribution in [0.25, 0.3) is 5.82 Å². The molecule has 2 aromatic rings. The number of aryl methyl sites for hydroxylation is 1. The van der Waals surface area contributed by atoms with Gasteiger partial charge in [-0.2, -0.15) is 5.10 Å². The number of halogens is 1. The Morgan fingerprint density at radius 3 is 2.67 bits per heavy atom. The predicted octanol–water partition coefficient (Wildman–Crippen LogP) is 3.58. The van der Waals surface area contributed by atoms with E-state index in [4.69, 9.17) is 0 Å². The average Bonchev–Trinajstić information content (AvgIpc) is 2.71. The third-order valence-corrected chi connectivity index (χ3v) is 4.00. The van der Waals surface area contributed by atoms with Gasteiger partial charge in [-0.05, 0) is 66.9 Å². The molecular weight excluding hydrogens is 328 g/mol. The molecule has 0 atom stereocenters. The first-order valence-electron chi connectivity index (χ1n) is 7.39. The molecule has 0 saturated heterocycles. The van der Waals surface area contributed by atoms with Gasteiger partial charge >= 0.3 is 0 Å². The first-order chi connectivity index (χ1) is 9.99. The van der Waals surface area contributed by atoms with E-state index in [0.29, 0.717) is 6.04 Å². The zero-order valence-electron chi connectivity index (χ0n) is 13.2. The molecule has 0 bridgehead atoms. The normalized spacial score (nSPS) is 11.3. The summed E-state index contributed by atoms with van der Waals surface area (Å²) in [7, 11) is 0. The predicted molar refractivity (Wildman–Crippen MR) is 90.0 cm³/mol. The summed E-state index contributed by atoms with van der Waals surface area (Å²) in [5, 5.41) is 8.10. The molecule has 0 spiro atoms. The number of nitrogens with one attached hydrogen (secondary N) is 1. The van der Waals surface area contributed by atoms with Gasteiger partial charge in [0.2, 0.25) is 0 Å². The lowest BCUT2D eigenvalue weighted by molar-refractivity contribution is 0.570. The van der Waals surface area contributed by atoms with Crippen molar-refractivity contribution in [2.24, 2.45) is 0 Å². The van der Waals surface area contributed by atoms with Crippen LogP contribution in [0.1, 0.15) is 37.2 Å². The van der Waals surface area contributed by atoms with E-state index in [0.717, 1.165) is 35.4 Å². The highest BCUT2D eigenvalue weighted by molar-refractivity contribution is 9.10. The van der Waals surface area contributed by atoms with E-state index in [-0.39, 0.29) is 0 Å². The molecule has 21 heavy (non-hydrogen) atoms. The Morgan fingerprint density at radius 1 is 1.29 bits per heavy atom. The number of nitrogens with zero attached hydrogens (tertiary/aromatic N) is 3. The van der Waals surface area contributed by atoms with Crippen molar-refractivity contribution < 1.29 is 0 Å². The minimum atomic E-state index is 0.543. The molecule has 2 rings (SSSR count). The summed E-state index contributed by atoms with van der Waals surface area (Å²) in [4.78, 5) is 4.42. The Balaban J connectivity index is 2.12. The molecule has 114 valence electrons. The second kappa shape index (κ2) is 7.18. The lowest BCUT2D eigenvalue weighted by Gasteiger charge is -2.08. The summed E-state index contributed by atoms with van der Waals surface area (Å²) in [6.45, 7) is 9.59. The molecule has 0 unspecified atom stereocenters. The zero-order valence-corrected chi connectivity index (χ0v) is 14.7. The van der Waals surface area contributed by atoms with Gasteiger partial charge in [-0.3, -0.25) is 0 Å². The second-order valence-corrected chi connectivity index (χ2v) is 6.52. The quantitative estimate of drug-likeness (QED) is 0.809. The first kappa shape index (κ1) is 16.2. The first-order valence-corrected chi connectivity index (χ1v) is 8.18. The van der Waals surface area contributed by atoms with E-state index in [9.17, 15) is 0 Å². The van der Waals surface area contributed by atoms with Gasteiger partial charge in [-0.1, -0.05) is 13.8 Å². The van der Waals surface area contributed by atoms with Crippen molar-refractivity contribution >= 4 is 15.9 Å². The molecule has 4 nitrogen and oxygen atoms in total. The molecule has 0 saturated carbocycles. The molecule has 0 radical (unpaired) electrons. The van der Waals surface area contributed by atoms with Crippen LogP contribution >= 0.6 is 15.9 Å². The highest BCUT2D eigenvalue weighted by Crippen LogP contribution is 2.19. The zero-order chi connectivity index (χ0) is 15.4. The lowest BCUT2D eigenvalue weighted by Crippen LogP contribution is -2.24. The lowest BCUT2D eigenvalue weighted by atomic mass is 10.1. The standard InChI is InChI=1S/C16H23BrN4/c1-11(2)18-9-5-6-15-12(3)20-21(13(15)4)16-8-7-14(17)10-19-16/h7-8,10-11,18H,5-6,9H2,1-4H3. The van der Waals surface area contributed by atoms with E-state index < -0.39 is 0 Å². The molecule has 2 aromatic heterocycles. The Hall–Kier alpha value is -1.20. The van der Waals surface area contributed by atoms with E-state index in [2.05, 4.69) is 59.0 Å². The number of rotatable bonds is 6. The molecule has 1 N–H and O–H groups in total. The Labute approximate surface area is 135 Å². The van der Waals surface area contributed by atoms with Crippen LogP contribution in [-0.2, 0) is 6.42 Å². The number of aromatic nitrogens is 3. The third-order valence-electron chi connectivity index (χ3n) is 3.53. The number of pyridine rings is 1. The van der Waals surface area contributed by atoms with Crippen LogP contribution in [0.15, 0.2) is 22.8 Å². The largest absolute Gasteiger partial charge is 0.315 e. The smallest absolute Gasteiger partial charge is 0.153 e. The van der Waals surface area contributed by atoms with Crippen LogP contribution in [-0.4, -0.2) is 27.4 Å². The molecular formula is C16H23BrN4. The van der Waals surface area contributed by atoms with Crippen LogP contribution in [0.3, 0.4) is 0 Å². The van der Waals surface area contributed by atoms with Crippen LogP contribution in [0.5, 0.6) is 0 Å². The van der Waals surface area contributed by atoms with Gasteiger partial charge in [0.1, 0.15) is 0 Å². The van der Waals surface area contributed by atoms with Crippen LogP contribution < -0.4 is 5.32 Å². The summed E-state index contributed by atoms with van der Waals surface area (Å²) in [6.07, 6.45) is 3.98. The van der Waals surface area contributed by atoms with E-state index in [1.165, 1.54) is 11.3 Å². The third kappa shape index (κ3) is 4.14. The molecule has 0 fully saturated rings. The summed E-state index contributed by atoms with van der Waals surface area (Å²) >= 11 is 3.41.